The molecule has 2 rings (SSSR count). The molecule has 1 aliphatic heterocycles. The van der Waals surface area contributed by atoms with Crippen LogP contribution >= 0.6 is 0 Å². The summed E-state index contributed by atoms with van der Waals surface area (Å²) in [6.45, 7) is 8.23. The quantitative estimate of drug-likeness (QED) is 0.876. The van der Waals surface area contributed by atoms with Crippen LogP contribution in [0.15, 0.2) is 10.7 Å². The van der Waals surface area contributed by atoms with E-state index in [1.165, 1.54) is 0 Å². The van der Waals surface area contributed by atoms with E-state index in [1.807, 2.05) is 11.8 Å². The Morgan fingerprint density at radius 3 is 2.95 bits per heavy atom. The molecule has 1 saturated heterocycles. The highest BCUT2D eigenvalue weighted by Gasteiger charge is 2.30. The summed E-state index contributed by atoms with van der Waals surface area (Å²) in [5, 5.41) is 3.30. The largest absolute Gasteiger partial charge is 0.432 e. The number of rotatable bonds is 5. The Hall–Kier alpha value is -1.08. The number of nitrogens with zero attached hydrogens (tertiary/aromatic N) is 2. The molecule has 7 heteroatoms. The molecule has 114 valence electrons. The van der Waals surface area contributed by atoms with Crippen molar-refractivity contribution in [2.24, 2.45) is 5.92 Å². The fourth-order valence-electron chi connectivity index (χ4n) is 2.28. The number of hydrogen-bond donors (Lipinski definition) is 1. The minimum Gasteiger partial charge on any atom is -0.432 e. The van der Waals surface area contributed by atoms with Gasteiger partial charge in [-0.2, -0.15) is 4.98 Å². The number of hydrogen-bond acceptors (Lipinski definition) is 6. The number of aromatic nitrogens is 1. The van der Waals surface area contributed by atoms with E-state index in [9.17, 15) is 8.42 Å². The second-order valence-corrected chi connectivity index (χ2v) is 8.03. The van der Waals surface area contributed by atoms with E-state index in [0.29, 0.717) is 25.0 Å². The monoisotopic (exact) mass is 301 g/mol. The number of nitrogens with one attached hydrogen (secondary N) is 1. The molecule has 1 aliphatic rings. The first-order valence-corrected chi connectivity index (χ1v) is 8.82. The molecule has 1 aromatic rings. The van der Waals surface area contributed by atoms with Gasteiger partial charge < -0.3 is 14.6 Å². The van der Waals surface area contributed by atoms with Crippen molar-refractivity contribution in [3.05, 3.63) is 12.0 Å². The Morgan fingerprint density at radius 1 is 1.55 bits per heavy atom. The second kappa shape index (κ2) is 6.13. The van der Waals surface area contributed by atoms with Gasteiger partial charge in [-0.15, -0.1) is 0 Å². The Bertz CT molecular complexity index is 539. The third kappa shape index (κ3) is 3.96. The van der Waals surface area contributed by atoms with Crippen molar-refractivity contribution >= 4 is 15.9 Å². The van der Waals surface area contributed by atoms with Gasteiger partial charge in [-0.05, 0) is 19.4 Å². The van der Waals surface area contributed by atoms with Gasteiger partial charge in [0, 0.05) is 19.1 Å². The van der Waals surface area contributed by atoms with E-state index >= 15 is 0 Å². The average Bonchev–Trinajstić information content (AvgIpc) is 2.75. The molecule has 0 aromatic carbocycles. The molecular formula is C13H23N3O3S. The van der Waals surface area contributed by atoms with Gasteiger partial charge in [0.2, 0.25) is 0 Å². The fourth-order valence-corrected chi connectivity index (χ4v) is 3.84. The topological polar surface area (TPSA) is 75.4 Å². The van der Waals surface area contributed by atoms with E-state index < -0.39 is 9.84 Å². The Balaban J connectivity index is 1.95. The minimum absolute atomic E-state index is 0.0936. The highest BCUT2D eigenvalue weighted by molar-refractivity contribution is 7.91. The van der Waals surface area contributed by atoms with E-state index in [2.05, 4.69) is 24.1 Å². The highest BCUT2D eigenvalue weighted by Crippen LogP contribution is 2.20. The molecule has 2 heterocycles. The maximum absolute atomic E-state index is 11.6. The van der Waals surface area contributed by atoms with Gasteiger partial charge >= 0.3 is 0 Å². The molecule has 1 fully saturated rings. The van der Waals surface area contributed by atoms with Crippen molar-refractivity contribution in [2.75, 3.05) is 29.5 Å². The lowest BCUT2D eigenvalue weighted by atomic mass is 10.2. The maximum Gasteiger partial charge on any atom is 0.297 e. The van der Waals surface area contributed by atoms with Crippen LogP contribution in [-0.4, -0.2) is 44.0 Å². The summed E-state index contributed by atoms with van der Waals surface area (Å²) in [6.07, 6.45) is 1.64. The van der Waals surface area contributed by atoms with Crippen LogP contribution in [0.1, 0.15) is 26.5 Å². The minimum atomic E-state index is -2.91. The van der Waals surface area contributed by atoms with Crippen LogP contribution in [0.5, 0.6) is 0 Å². The van der Waals surface area contributed by atoms with Gasteiger partial charge in [0.05, 0.1) is 17.2 Å². The molecule has 0 saturated carbocycles. The van der Waals surface area contributed by atoms with E-state index in [4.69, 9.17) is 4.42 Å². The van der Waals surface area contributed by atoms with Crippen molar-refractivity contribution < 1.29 is 12.8 Å². The van der Waals surface area contributed by atoms with Crippen molar-refractivity contribution in [3.8, 4) is 0 Å². The SMILES string of the molecule is CC(C)CNCc1coc(N2CCS(=O)(=O)CC2C)n1. The van der Waals surface area contributed by atoms with Crippen molar-refractivity contribution in [1.82, 2.24) is 10.3 Å². The number of anilines is 1. The summed E-state index contributed by atoms with van der Waals surface area (Å²) in [5.41, 5.74) is 0.848. The van der Waals surface area contributed by atoms with Crippen molar-refractivity contribution in [1.29, 1.82) is 0 Å². The summed E-state index contributed by atoms with van der Waals surface area (Å²) < 4.78 is 28.6. The van der Waals surface area contributed by atoms with Gasteiger partial charge in [0.1, 0.15) is 6.26 Å². The summed E-state index contributed by atoms with van der Waals surface area (Å²) in [4.78, 5) is 6.35. The number of sulfone groups is 1. The third-order valence-corrected chi connectivity index (χ3v) is 5.11. The van der Waals surface area contributed by atoms with Gasteiger partial charge in [-0.3, -0.25) is 0 Å². The molecular weight excluding hydrogens is 278 g/mol. The summed E-state index contributed by atoms with van der Waals surface area (Å²) >= 11 is 0. The summed E-state index contributed by atoms with van der Waals surface area (Å²) in [5.74, 6) is 0.922. The van der Waals surface area contributed by atoms with Crippen LogP contribution in [0.4, 0.5) is 6.01 Å². The molecule has 0 radical (unpaired) electrons. The zero-order chi connectivity index (χ0) is 14.8. The van der Waals surface area contributed by atoms with E-state index in [1.54, 1.807) is 6.26 Å². The second-order valence-electron chi connectivity index (χ2n) is 5.80. The predicted octanol–water partition coefficient (Wildman–Crippen LogP) is 1.04. The molecule has 20 heavy (non-hydrogen) atoms. The first-order valence-electron chi connectivity index (χ1n) is 6.99. The zero-order valence-electron chi connectivity index (χ0n) is 12.3. The molecule has 0 amide bonds. The smallest absolute Gasteiger partial charge is 0.297 e. The molecule has 0 spiro atoms. The highest BCUT2D eigenvalue weighted by atomic mass is 32.2. The number of oxazole rings is 1. The van der Waals surface area contributed by atoms with Crippen LogP contribution in [0.25, 0.3) is 0 Å². The third-order valence-electron chi connectivity index (χ3n) is 3.31. The average molecular weight is 301 g/mol. The zero-order valence-corrected chi connectivity index (χ0v) is 13.1. The Morgan fingerprint density at radius 2 is 2.30 bits per heavy atom. The molecule has 1 N–H and O–H groups in total. The Kier molecular flexibility index (Phi) is 4.70. The lowest BCUT2D eigenvalue weighted by Gasteiger charge is -2.31. The molecule has 0 bridgehead atoms. The molecule has 1 aromatic heterocycles. The maximum atomic E-state index is 11.6. The van der Waals surface area contributed by atoms with Crippen LogP contribution in [-0.2, 0) is 16.4 Å². The summed E-state index contributed by atoms with van der Waals surface area (Å²) in [6, 6.07) is 0.428. The molecule has 1 unspecified atom stereocenters. The molecule has 0 aliphatic carbocycles. The van der Waals surface area contributed by atoms with Gasteiger partial charge in [0.25, 0.3) is 6.01 Å². The predicted molar refractivity (Wildman–Crippen MR) is 78.5 cm³/mol. The van der Waals surface area contributed by atoms with Gasteiger partial charge in [0.15, 0.2) is 9.84 Å². The van der Waals surface area contributed by atoms with Crippen LogP contribution < -0.4 is 10.2 Å². The lowest BCUT2D eigenvalue weighted by Crippen LogP contribution is -2.47. The lowest BCUT2D eigenvalue weighted by molar-refractivity contribution is 0.502. The standard InChI is InChI=1S/C13H23N3O3S/c1-10(2)6-14-7-12-8-19-13(15-12)16-4-5-20(17,18)9-11(16)3/h8,10-11,14H,4-7,9H2,1-3H3. The van der Waals surface area contributed by atoms with Gasteiger partial charge in [-0.1, -0.05) is 13.8 Å². The van der Waals surface area contributed by atoms with Crippen LogP contribution in [0.2, 0.25) is 0 Å². The molecule has 6 nitrogen and oxygen atoms in total. The van der Waals surface area contributed by atoms with E-state index in [-0.39, 0.29) is 17.5 Å². The van der Waals surface area contributed by atoms with Crippen molar-refractivity contribution in [3.63, 3.8) is 0 Å². The van der Waals surface area contributed by atoms with Crippen LogP contribution in [0, 0.1) is 5.92 Å². The fraction of sp³-hybridized carbons (Fsp3) is 0.769. The van der Waals surface area contributed by atoms with E-state index in [0.717, 1.165) is 12.2 Å². The van der Waals surface area contributed by atoms with Crippen LogP contribution in [0.3, 0.4) is 0 Å². The van der Waals surface area contributed by atoms with Gasteiger partial charge in [-0.25, -0.2) is 8.42 Å². The molecule has 1 atom stereocenters. The van der Waals surface area contributed by atoms with Crippen molar-refractivity contribution in [2.45, 2.75) is 33.4 Å². The first kappa shape index (κ1) is 15.3. The normalized spacial score (nSPS) is 22.4. The summed E-state index contributed by atoms with van der Waals surface area (Å²) in [7, 11) is -2.91. The first-order chi connectivity index (χ1) is 9.37. The Labute approximate surface area is 120 Å².